The third-order valence-electron chi connectivity index (χ3n) is 1.50. The first-order valence-corrected chi connectivity index (χ1v) is 3.24. The van der Waals surface area contributed by atoms with E-state index < -0.39 is 0 Å². The molecule has 0 radical (unpaired) electrons. The Morgan fingerprint density at radius 1 is 1.50 bits per heavy atom. The van der Waals surface area contributed by atoms with Gasteiger partial charge in [-0.25, -0.2) is 0 Å². The molecule has 0 fully saturated rings. The van der Waals surface area contributed by atoms with Gasteiger partial charge >= 0.3 is 0 Å². The standard InChI is InChI=1S/C7H13N3/c1-7-8-6-9(2)4-5-10(7)3/h4-5,8H,1,6H2,2-3H3. The van der Waals surface area contributed by atoms with Crippen LogP contribution in [0.2, 0.25) is 0 Å². The lowest BCUT2D eigenvalue weighted by molar-refractivity contribution is 0.424. The predicted octanol–water partition coefficient (Wildman–Crippen LogP) is 0.353. The van der Waals surface area contributed by atoms with Crippen molar-refractivity contribution in [2.45, 2.75) is 0 Å². The zero-order chi connectivity index (χ0) is 7.56. The second-order valence-electron chi connectivity index (χ2n) is 2.45. The van der Waals surface area contributed by atoms with Crippen LogP contribution in [0.25, 0.3) is 0 Å². The Morgan fingerprint density at radius 2 is 2.20 bits per heavy atom. The fourth-order valence-electron chi connectivity index (χ4n) is 0.697. The van der Waals surface area contributed by atoms with Crippen LogP contribution in [0, 0.1) is 0 Å². The highest BCUT2D eigenvalue weighted by Gasteiger charge is 2.01. The topological polar surface area (TPSA) is 18.5 Å². The van der Waals surface area contributed by atoms with Crippen molar-refractivity contribution in [1.82, 2.24) is 15.1 Å². The average Bonchev–Trinajstić information content (AvgIpc) is 2.04. The van der Waals surface area contributed by atoms with Gasteiger partial charge in [0.25, 0.3) is 0 Å². The molecule has 0 spiro atoms. The quantitative estimate of drug-likeness (QED) is 0.522. The molecule has 0 aromatic rings. The van der Waals surface area contributed by atoms with Crippen LogP contribution in [-0.2, 0) is 0 Å². The molecule has 0 atom stereocenters. The number of nitrogens with zero attached hydrogens (tertiary/aromatic N) is 2. The van der Waals surface area contributed by atoms with Crippen molar-refractivity contribution in [2.24, 2.45) is 0 Å². The summed E-state index contributed by atoms with van der Waals surface area (Å²) in [6, 6.07) is 0. The lowest BCUT2D eigenvalue weighted by Gasteiger charge is -2.15. The van der Waals surface area contributed by atoms with Gasteiger partial charge in [0, 0.05) is 26.5 Å². The van der Waals surface area contributed by atoms with E-state index in [0.29, 0.717) is 0 Å². The van der Waals surface area contributed by atoms with Crippen LogP contribution in [0.3, 0.4) is 0 Å². The zero-order valence-corrected chi connectivity index (χ0v) is 6.46. The van der Waals surface area contributed by atoms with E-state index >= 15 is 0 Å². The second-order valence-corrected chi connectivity index (χ2v) is 2.45. The summed E-state index contributed by atoms with van der Waals surface area (Å²) in [7, 11) is 3.97. The molecule has 0 saturated heterocycles. The first-order valence-electron chi connectivity index (χ1n) is 3.24. The molecule has 0 bridgehead atoms. The molecule has 0 aromatic heterocycles. The molecule has 1 aliphatic heterocycles. The first-order chi connectivity index (χ1) is 4.70. The molecule has 1 rings (SSSR count). The fourth-order valence-corrected chi connectivity index (χ4v) is 0.697. The highest BCUT2D eigenvalue weighted by Crippen LogP contribution is 1.99. The van der Waals surface area contributed by atoms with Crippen LogP contribution in [0.5, 0.6) is 0 Å². The molecule has 1 aliphatic rings. The lowest BCUT2D eigenvalue weighted by Crippen LogP contribution is -2.27. The second kappa shape index (κ2) is 2.64. The monoisotopic (exact) mass is 139 g/mol. The molecule has 1 N–H and O–H groups in total. The molecule has 3 nitrogen and oxygen atoms in total. The summed E-state index contributed by atoms with van der Waals surface area (Å²) in [5, 5.41) is 3.14. The third-order valence-corrected chi connectivity index (χ3v) is 1.50. The van der Waals surface area contributed by atoms with Crippen molar-refractivity contribution < 1.29 is 0 Å². The molecular weight excluding hydrogens is 126 g/mol. The first kappa shape index (κ1) is 6.99. The van der Waals surface area contributed by atoms with Crippen LogP contribution in [-0.4, -0.2) is 30.6 Å². The Labute approximate surface area is 61.6 Å². The molecule has 3 heteroatoms. The molecule has 1 heterocycles. The molecule has 0 unspecified atom stereocenters. The van der Waals surface area contributed by atoms with Crippen molar-refractivity contribution in [1.29, 1.82) is 0 Å². The van der Waals surface area contributed by atoms with Crippen LogP contribution in [0.15, 0.2) is 24.8 Å². The molecule has 10 heavy (non-hydrogen) atoms. The number of rotatable bonds is 0. The van der Waals surface area contributed by atoms with Gasteiger partial charge in [0.2, 0.25) is 0 Å². The molecule has 0 aromatic carbocycles. The molecule has 0 saturated carbocycles. The highest BCUT2D eigenvalue weighted by atomic mass is 15.3. The minimum absolute atomic E-state index is 0.819. The molecule has 56 valence electrons. The van der Waals surface area contributed by atoms with E-state index in [1.807, 2.05) is 31.4 Å². The smallest absolute Gasteiger partial charge is 0.0990 e. The predicted molar refractivity (Wildman–Crippen MR) is 41.8 cm³/mol. The van der Waals surface area contributed by atoms with Gasteiger partial charge in [-0.2, -0.15) is 0 Å². The van der Waals surface area contributed by atoms with Gasteiger partial charge in [-0.1, -0.05) is 6.58 Å². The van der Waals surface area contributed by atoms with Crippen molar-refractivity contribution in [3.63, 3.8) is 0 Å². The van der Waals surface area contributed by atoms with Gasteiger partial charge in [-0.15, -0.1) is 0 Å². The maximum atomic E-state index is 3.83. The van der Waals surface area contributed by atoms with E-state index in [1.54, 1.807) is 0 Å². The van der Waals surface area contributed by atoms with Gasteiger partial charge in [-0.05, 0) is 0 Å². The summed E-state index contributed by atoms with van der Waals surface area (Å²) in [6.45, 7) is 4.65. The maximum absolute atomic E-state index is 3.83. The molecule has 0 amide bonds. The van der Waals surface area contributed by atoms with E-state index in [9.17, 15) is 0 Å². The van der Waals surface area contributed by atoms with E-state index in [1.165, 1.54) is 0 Å². The molecule has 0 aliphatic carbocycles. The van der Waals surface area contributed by atoms with Crippen LogP contribution in [0.4, 0.5) is 0 Å². The van der Waals surface area contributed by atoms with E-state index in [-0.39, 0.29) is 0 Å². The van der Waals surface area contributed by atoms with Gasteiger partial charge < -0.3 is 15.1 Å². The minimum atomic E-state index is 0.819. The number of nitrogens with one attached hydrogen (secondary N) is 1. The van der Waals surface area contributed by atoms with Gasteiger partial charge in [-0.3, -0.25) is 0 Å². The third kappa shape index (κ3) is 1.43. The van der Waals surface area contributed by atoms with Crippen molar-refractivity contribution in [3.8, 4) is 0 Å². The Kier molecular flexibility index (Phi) is 1.85. The Bertz CT molecular complexity index is 162. The normalized spacial score (nSPS) is 18.8. The van der Waals surface area contributed by atoms with E-state index in [4.69, 9.17) is 0 Å². The van der Waals surface area contributed by atoms with Gasteiger partial charge in [0.15, 0.2) is 0 Å². The van der Waals surface area contributed by atoms with Crippen molar-refractivity contribution in [2.75, 3.05) is 20.8 Å². The SMILES string of the molecule is C=C1NCN(C)C=CN1C. The fraction of sp³-hybridized carbons (Fsp3) is 0.429. The van der Waals surface area contributed by atoms with Crippen LogP contribution in [0.1, 0.15) is 0 Å². The summed E-state index contributed by atoms with van der Waals surface area (Å²) >= 11 is 0. The van der Waals surface area contributed by atoms with Crippen LogP contribution < -0.4 is 5.32 Å². The zero-order valence-electron chi connectivity index (χ0n) is 6.46. The maximum Gasteiger partial charge on any atom is 0.0990 e. The minimum Gasteiger partial charge on any atom is -0.362 e. The summed E-state index contributed by atoms with van der Waals surface area (Å²) in [5.41, 5.74) is 0. The largest absolute Gasteiger partial charge is 0.362 e. The molecular formula is C7H13N3. The van der Waals surface area contributed by atoms with Crippen molar-refractivity contribution in [3.05, 3.63) is 24.8 Å². The average molecular weight is 139 g/mol. The van der Waals surface area contributed by atoms with E-state index in [2.05, 4.69) is 16.8 Å². The Morgan fingerprint density at radius 3 is 2.90 bits per heavy atom. The summed E-state index contributed by atoms with van der Waals surface area (Å²) in [6.07, 6.45) is 3.98. The summed E-state index contributed by atoms with van der Waals surface area (Å²) in [4.78, 5) is 4.00. The van der Waals surface area contributed by atoms with Crippen molar-refractivity contribution >= 4 is 0 Å². The Balaban J connectivity index is 2.62. The van der Waals surface area contributed by atoms with Crippen LogP contribution >= 0.6 is 0 Å². The summed E-state index contributed by atoms with van der Waals surface area (Å²) in [5.74, 6) is 0.931. The van der Waals surface area contributed by atoms with E-state index in [0.717, 1.165) is 12.5 Å². The lowest BCUT2D eigenvalue weighted by atomic mass is 10.6. The number of hydrogen-bond acceptors (Lipinski definition) is 3. The Hall–Kier alpha value is -1.12. The number of hydrogen-bond donors (Lipinski definition) is 1. The highest BCUT2D eigenvalue weighted by molar-refractivity contribution is 4.99. The van der Waals surface area contributed by atoms with Gasteiger partial charge in [0.1, 0.15) is 0 Å². The van der Waals surface area contributed by atoms with Gasteiger partial charge in [0.05, 0.1) is 12.5 Å². The summed E-state index contributed by atoms with van der Waals surface area (Å²) < 4.78 is 0.